The zero-order chi connectivity index (χ0) is 9.35. The van der Waals surface area contributed by atoms with Crippen LogP contribution < -0.4 is 0 Å². The molecular formula is C9H19NO2. The van der Waals surface area contributed by atoms with Gasteiger partial charge >= 0.3 is 0 Å². The Morgan fingerprint density at radius 3 is 2.50 bits per heavy atom. The van der Waals surface area contributed by atoms with Crippen molar-refractivity contribution in [3.05, 3.63) is 0 Å². The fraction of sp³-hybridized carbons (Fsp3) is 1.00. The maximum atomic E-state index is 9.77. The van der Waals surface area contributed by atoms with Gasteiger partial charge in [-0.1, -0.05) is 0 Å². The van der Waals surface area contributed by atoms with Gasteiger partial charge < -0.3 is 10.2 Å². The number of piperidine rings is 1. The second-order valence-corrected chi connectivity index (χ2v) is 4.23. The Morgan fingerprint density at radius 2 is 2.08 bits per heavy atom. The molecule has 0 aliphatic carbocycles. The predicted octanol–water partition coefficient (Wildman–Crippen LogP) is 0.212. The number of likely N-dealkylation sites (tertiary alicyclic amines) is 1. The van der Waals surface area contributed by atoms with Crippen LogP contribution in [-0.2, 0) is 0 Å². The van der Waals surface area contributed by atoms with Crippen molar-refractivity contribution in [2.45, 2.75) is 44.9 Å². The van der Waals surface area contributed by atoms with E-state index in [2.05, 4.69) is 18.7 Å². The molecule has 12 heavy (non-hydrogen) atoms. The van der Waals surface area contributed by atoms with Crippen LogP contribution >= 0.6 is 0 Å². The van der Waals surface area contributed by atoms with Crippen molar-refractivity contribution in [2.75, 3.05) is 13.1 Å². The summed E-state index contributed by atoms with van der Waals surface area (Å²) in [5, 5.41) is 19.2. The van der Waals surface area contributed by atoms with Crippen molar-refractivity contribution in [3.63, 3.8) is 0 Å². The summed E-state index contributed by atoms with van der Waals surface area (Å²) in [6.45, 7) is 7.37. The predicted molar refractivity (Wildman–Crippen MR) is 48.0 cm³/mol. The number of aliphatic hydroxyl groups excluding tert-OH is 1. The van der Waals surface area contributed by atoms with Gasteiger partial charge in [0.05, 0.1) is 6.10 Å². The van der Waals surface area contributed by atoms with E-state index < -0.39 is 11.7 Å². The zero-order valence-corrected chi connectivity index (χ0v) is 8.12. The van der Waals surface area contributed by atoms with Crippen molar-refractivity contribution in [2.24, 2.45) is 0 Å². The molecule has 0 saturated carbocycles. The first kappa shape index (κ1) is 9.96. The highest BCUT2D eigenvalue weighted by Gasteiger charge is 2.37. The summed E-state index contributed by atoms with van der Waals surface area (Å²) in [7, 11) is 0. The van der Waals surface area contributed by atoms with Crippen LogP contribution in [0.3, 0.4) is 0 Å². The Hall–Kier alpha value is -0.120. The Kier molecular flexibility index (Phi) is 2.76. The number of hydrogen-bond donors (Lipinski definition) is 2. The summed E-state index contributed by atoms with van der Waals surface area (Å²) in [6, 6.07) is 0.448. The molecule has 2 atom stereocenters. The molecule has 0 aromatic rings. The normalized spacial score (nSPS) is 39.0. The van der Waals surface area contributed by atoms with Crippen molar-refractivity contribution < 1.29 is 10.2 Å². The van der Waals surface area contributed by atoms with E-state index in [1.165, 1.54) is 0 Å². The van der Waals surface area contributed by atoms with Gasteiger partial charge in [-0.3, -0.25) is 4.90 Å². The standard InChI is InChI=1S/C9H19NO2/c1-7(2)10-5-4-8(11)9(3,12)6-10/h7-8,11-12H,4-6H2,1-3H3/t8-,9+/m0/s1. The number of hydrogen-bond acceptors (Lipinski definition) is 3. The molecule has 1 heterocycles. The SMILES string of the molecule is CC(C)N1CC[C@H](O)[C@](C)(O)C1. The maximum Gasteiger partial charge on any atom is 0.100 e. The van der Waals surface area contributed by atoms with Crippen LogP contribution in [0, 0.1) is 0 Å². The summed E-state index contributed by atoms with van der Waals surface area (Å²) < 4.78 is 0. The average molecular weight is 173 g/mol. The second kappa shape index (κ2) is 3.32. The molecule has 0 aromatic heterocycles. The third-order valence-electron chi connectivity index (χ3n) is 2.66. The fourth-order valence-corrected chi connectivity index (χ4v) is 1.64. The van der Waals surface area contributed by atoms with E-state index in [-0.39, 0.29) is 0 Å². The van der Waals surface area contributed by atoms with E-state index in [9.17, 15) is 10.2 Å². The van der Waals surface area contributed by atoms with Crippen molar-refractivity contribution >= 4 is 0 Å². The summed E-state index contributed by atoms with van der Waals surface area (Å²) in [5.41, 5.74) is -0.928. The molecule has 0 bridgehead atoms. The smallest absolute Gasteiger partial charge is 0.100 e. The molecule has 1 aliphatic rings. The number of rotatable bonds is 1. The minimum Gasteiger partial charge on any atom is -0.390 e. The summed E-state index contributed by atoms with van der Waals surface area (Å²) in [6.07, 6.45) is 0.109. The quantitative estimate of drug-likeness (QED) is 0.596. The second-order valence-electron chi connectivity index (χ2n) is 4.23. The molecular weight excluding hydrogens is 154 g/mol. The van der Waals surface area contributed by atoms with Crippen LogP contribution in [0.2, 0.25) is 0 Å². The number of aliphatic hydroxyl groups is 2. The van der Waals surface area contributed by atoms with Crippen LogP contribution in [0.25, 0.3) is 0 Å². The van der Waals surface area contributed by atoms with Gasteiger partial charge in [0.15, 0.2) is 0 Å². The minimum atomic E-state index is -0.928. The van der Waals surface area contributed by atoms with Gasteiger partial charge in [0.1, 0.15) is 5.60 Å². The Balaban J connectivity index is 2.57. The van der Waals surface area contributed by atoms with Crippen LogP contribution in [0.1, 0.15) is 27.2 Å². The van der Waals surface area contributed by atoms with Gasteiger partial charge in [-0.05, 0) is 27.2 Å². The van der Waals surface area contributed by atoms with Gasteiger partial charge in [0, 0.05) is 19.1 Å². The van der Waals surface area contributed by atoms with Gasteiger partial charge in [-0.15, -0.1) is 0 Å². The lowest BCUT2D eigenvalue weighted by atomic mass is 9.91. The van der Waals surface area contributed by atoms with Gasteiger partial charge in [-0.25, -0.2) is 0 Å². The van der Waals surface area contributed by atoms with E-state index in [1.54, 1.807) is 6.92 Å². The molecule has 1 rings (SSSR count). The highest BCUT2D eigenvalue weighted by molar-refractivity contribution is 4.91. The summed E-state index contributed by atoms with van der Waals surface area (Å²) in [4.78, 5) is 2.19. The Bertz CT molecular complexity index is 157. The first-order valence-electron chi connectivity index (χ1n) is 4.58. The fourth-order valence-electron chi connectivity index (χ4n) is 1.64. The maximum absolute atomic E-state index is 9.77. The third kappa shape index (κ3) is 1.97. The lowest BCUT2D eigenvalue weighted by Crippen LogP contribution is -2.56. The molecule has 1 aliphatic heterocycles. The van der Waals surface area contributed by atoms with E-state index >= 15 is 0 Å². The molecule has 0 amide bonds. The largest absolute Gasteiger partial charge is 0.390 e. The molecule has 0 radical (unpaired) electrons. The Labute approximate surface area is 74.0 Å². The van der Waals surface area contributed by atoms with Crippen LogP contribution in [0.15, 0.2) is 0 Å². The molecule has 0 spiro atoms. The van der Waals surface area contributed by atoms with Gasteiger partial charge in [0.2, 0.25) is 0 Å². The van der Waals surface area contributed by atoms with Crippen molar-refractivity contribution in [1.29, 1.82) is 0 Å². The van der Waals surface area contributed by atoms with Crippen LogP contribution in [-0.4, -0.2) is 45.9 Å². The summed E-state index contributed by atoms with van der Waals surface area (Å²) >= 11 is 0. The van der Waals surface area contributed by atoms with E-state index in [4.69, 9.17) is 0 Å². The van der Waals surface area contributed by atoms with Crippen LogP contribution in [0.4, 0.5) is 0 Å². The number of β-amino-alcohol motifs (C(OH)–C–C–N with tert-alkyl or cyclic N) is 1. The highest BCUT2D eigenvalue weighted by atomic mass is 16.3. The molecule has 3 heteroatoms. The first-order valence-corrected chi connectivity index (χ1v) is 4.58. The van der Waals surface area contributed by atoms with E-state index in [0.29, 0.717) is 19.0 Å². The first-order chi connectivity index (χ1) is 5.43. The monoisotopic (exact) mass is 173 g/mol. The molecule has 1 saturated heterocycles. The van der Waals surface area contributed by atoms with E-state index in [1.807, 2.05) is 0 Å². The molecule has 2 N–H and O–H groups in total. The third-order valence-corrected chi connectivity index (χ3v) is 2.66. The molecule has 1 fully saturated rings. The molecule has 3 nitrogen and oxygen atoms in total. The lowest BCUT2D eigenvalue weighted by Gasteiger charge is -2.42. The van der Waals surface area contributed by atoms with E-state index in [0.717, 1.165) is 6.54 Å². The van der Waals surface area contributed by atoms with Crippen LogP contribution in [0.5, 0.6) is 0 Å². The Morgan fingerprint density at radius 1 is 1.50 bits per heavy atom. The highest BCUT2D eigenvalue weighted by Crippen LogP contribution is 2.22. The lowest BCUT2D eigenvalue weighted by molar-refractivity contribution is -0.114. The van der Waals surface area contributed by atoms with Crippen molar-refractivity contribution in [3.8, 4) is 0 Å². The topological polar surface area (TPSA) is 43.7 Å². The minimum absolute atomic E-state index is 0.448. The summed E-state index contributed by atoms with van der Waals surface area (Å²) in [5.74, 6) is 0. The average Bonchev–Trinajstić information content (AvgIpc) is 1.94. The van der Waals surface area contributed by atoms with Gasteiger partial charge in [0.25, 0.3) is 0 Å². The molecule has 72 valence electrons. The zero-order valence-electron chi connectivity index (χ0n) is 8.12. The molecule has 0 unspecified atom stereocenters. The van der Waals surface area contributed by atoms with Gasteiger partial charge in [-0.2, -0.15) is 0 Å². The van der Waals surface area contributed by atoms with Crippen molar-refractivity contribution in [1.82, 2.24) is 4.90 Å². The number of nitrogens with zero attached hydrogens (tertiary/aromatic N) is 1. The molecule has 0 aromatic carbocycles.